The summed E-state index contributed by atoms with van der Waals surface area (Å²) in [5.41, 5.74) is 36.0. The number of nitrogens with zero attached hydrogens (tertiary/aromatic N) is 13. The average Bonchev–Trinajstić information content (AvgIpc) is 1.57. The molecule has 1 aliphatic carbocycles. The Hall–Kier alpha value is -12.8. The standard InChI is InChI=1S/C32H34N2.C31H25N3.C25H20N2S.3C11H11N2.3Pt/c1-5-7-19-32(20-8-6-2)29-12-10-9-11-27(29)28-18-17-26(21-30(28)32)24-13-15-25(16-14-24)31-22(3)23(4)33-34-31;1-31(2,3)30-20-27(32-33-30)22-15-13-21(14-16-22)23-17-18-26-25-11-7-8-12-28(25)34(29(26)19-23)24-9-5-4-6-10-24;1-25(2,3)24-15-21(26-27-24)17-10-8-16(9-11-17)18-12-13-20-19-6-4-5-7-22(19)28-23(20)14-18;3*1-9-8-10(2)13(12-9)11-6-4-3-5-7-11;;;/h9-15,17-18,21H,5-8,19-20H2,1-4H3;4-15,17-20H,1-3H3;4-10,12-15H,1-3H3;3*3-6,8H,1-2H3;;;/q3*-2;3*-1;;;. The van der Waals surface area contributed by atoms with Crippen LogP contribution in [0.2, 0.25) is 0 Å². The molecule has 0 amide bonds. The molecular weight excluding hydrogens is 2250 g/mol. The van der Waals surface area contributed by atoms with E-state index >= 15 is 0 Å². The fourth-order valence-electron chi connectivity index (χ4n) is 17.9. The first kappa shape index (κ1) is 101. The zero-order chi connectivity index (χ0) is 94.1. The molecule has 8 aromatic heterocycles. The summed E-state index contributed by atoms with van der Waals surface area (Å²) in [5.74, 6) is 0. The maximum Gasteiger partial charge on any atom is 0.0600 e. The summed E-state index contributed by atoms with van der Waals surface area (Å²) in [6.45, 7) is 33.7. The molecule has 0 spiro atoms. The molecule has 1 aliphatic rings. The number of unbranched alkanes of at least 4 members (excludes halogenated alkanes) is 2. The van der Waals surface area contributed by atoms with Crippen LogP contribution in [0.25, 0.3) is 143 Å². The first-order chi connectivity index (χ1) is 65.4. The van der Waals surface area contributed by atoms with Crippen molar-refractivity contribution in [2.75, 3.05) is 0 Å². The van der Waals surface area contributed by atoms with Crippen LogP contribution in [0.4, 0.5) is 0 Å². The van der Waals surface area contributed by atoms with Gasteiger partial charge in [-0.3, -0.25) is 14.0 Å². The van der Waals surface area contributed by atoms with Crippen LogP contribution in [0, 0.1) is 91.8 Å². The van der Waals surface area contributed by atoms with E-state index in [2.05, 4.69) is 392 Å². The van der Waals surface area contributed by atoms with Crippen LogP contribution in [0.3, 0.4) is 0 Å². The van der Waals surface area contributed by atoms with Crippen molar-refractivity contribution in [2.24, 2.45) is 0 Å². The van der Waals surface area contributed by atoms with Gasteiger partial charge in [-0.15, -0.1) is 102 Å². The summed E-state index contributed by atoms with van der Waals surface area (Å²) in [6, 6.07) is 130. The zero-order valence-corrected chi connectivity index (χ0v) is 88.6. The predicted octanol–water partition coefficient (Wildman–Crippen LogP) is 29.7. The molecule has 0 saturated heterocycles. The number of thiophene rings is 1. The second kappa shape index (κ2) is 44.8. The zero-order valence-electron chi connectivity index (χ0n) is 80.9. The van der Waals surface area contributed by atoms with E-state index in [4.69, 9.17) is 0 Å². The predicted molar refractivity (Wildman–Crippen MR) is 557 cm³/mol. The Labute approximate surface area is 859 Å². The van der Waals surface area contributed by atoms with E-state index in [0.29, 0.717) is 0 Å². The average molecular weight is 2370 g/mol. The minimum atomic E-state index is -0.0161. The van der Waals surface area contributed by atoms with Gasteiger partial charge in [0.1, 0.15) is 0 Å². The number of benzene rings is 13. The molecule has 13 aromatic carbocycles. The Morgan fingerprint density at radius 2 is 0.768 bits per heavy atom. The van der Waals surface area contributed by atoms with Crippen molar-refractivity contribution in [3.63, 3.8) is 0 Å². The smallest absolute Gasteiger partial charge is 0.0600 e. The number of hydrogen-bond donors (Lipinski definition) is 0. The molecule has 0 saturated carbocycles. The van der Waals surface area contributed by atoms with Gasteiger partial charge in [0.15, 0.2) is 0 Å². The molecule has 0 fully saturated rings. The third kappa shape index (κ3) is 22.5. The first-order valence-corrected chi connectivity index (χ1v) is 47.5. The molecule has 0 radical (unpaired) electrons. The third-order valence-corrected chi connectivity index (χ3v) is 26.2. The van der Waals surface area contributed by atoms with Gasteiger partial charge in [0.25, 0.3) is 0 Å². The van der Waals surface area contributed by atoms with Crippen LogP contribution >= 0.6 is 11.3 Å². The topological polar surface area (TPSA) is 139 Å². The fraction of sp³-hybridized carbons (Fsp3) is 0.207. The van der Waals surface area contributed by atoms with Crippen molar-refractivity contribution < 1.29 is 63.2 Å². The normalized spacial score (nSPS) is 11.7. The van der Waals surface area contributed by atoms with Crippen LogP contribution < -0.4 is 15.3 Å². The summed E-state index contributed by atoms with van der Waals surface area (Å²) < 4.78 is 10.7. The summed E-state index contributed by atoms with van der Waals surface area (Å²) in [5, 5.41) is 44.3. The van der Waals surface area contributed by atoms with E-state index in [1.54, 1.807) is 0 Å². The van der Waals surface area contributed by atoms with Crippen LogP contribution in [-0.2, 0) is 79.4 Å². The molecule has 706 valence electrons. The minimum Gasteiger partial charge on any atom is -0.619 e. The van der Waals surface area contributed by atoms with Gasteiger partial charge in [-0.1, -0.05) is 253 Å². The van der Waals surface area contributed by atoms with Gasteiger partial charge in [-0.05, 0) is 162 Å². The summed E-state index contributed by atoms with van der Waals surface area (Å²) in [7, 11) is 0. The Bertz CT molecular complexity index is 7410. The molecule has 13 nitrogen and oxygen atoms in total. The second-order valence-corrected chi connectivity index (χ2v) is 38.1. The molecule has 0 aliphatic heterocycles. The molecule has 0 atom stereocenters. The Morgan fingerprint density at radius 3 is 1.22 bits per heavy atom. The van der Waals surface area contributed by atoms with E-state index in [9.17, 15) is 0 Å². The minimum absolute atomic E-state index is 0. The van der Waals surface area contributed by atoms with Gasteiger partial charge in [-0.25, -0.2) is 17.1 Å². The molecule has 22 rings (SSSR count). The molecular formula is C121H112N13Pt3S-9. The van der Waals surface area contributed by atoms with Crippen molar-refractivity contribution in [3.8, 4) is 101 Å². The molecule has 8 heterocycles. The van der Waals surface area contributed by atoms with Gasteiger partial charge < -0.3 is 35.2 Å². The number of para-hydroxylation sites is 5. The van der Waals surface area contributed by atoms with E-state index < -0.39 is 0 Å². The molecule has 0 N–H and O–H groups in total. The SMILES string of the molecule is CC(C)(C)c1cc(-c2[c-]cc(-c3ccc4c(c3)sc3ccccc34)cc2)[n-]n1.CC(C)(C)c1cc(-c2[c-]cc(-c3ccc4c5ccccc5n(-c5ccccc5)c4c3)cc2)[n-]n1.CCCCC1(CCCC)c2ccccc2-c2ccc(-c3c[c-]c(-c4[n-]nc(C)c4C)cc3)cc21.Cc1cc(C)n(-c2[c-]cccc2)n1.Cc1cc(C)n(-c2[c-]cccc2)n1.Cc1cc(C)n(-c2[c-]cccc2)n1.[Pt].[Pt].[Pt]. The van der Waals surface area contributed by atoms with Crippen molar-refractivity contribution in [1.82, 2.24) is 64.5 Å². The van der Waals surface area contributed by atoms with E-state index in [1.807, 2.05) is 147 Å². The van der Waals surface area contributed by atoms with Crippen molar-refractivity contribution in [2.45, 2.75) is 166 Å². The maximum atomic E-state index is 4.38. The largest absolute Gasteiger partial charge is 0.619 e. The Kier molecular flexibility index (Phi) is 32.8. The third-order valence-electron chi connectivity index (χ3n) is 25.1. The van der Waals surface area contributed by atoms with Gasteiger partial charge >= 0.3 is 0 Å². The number of fused-ring (bicyclic) bond motifs is 9. The van der Waals surface area contributed by atoms with Crippen LogP contribution in [0.5, 0.6) is 0 Å². The van der Waals surface area contributed by atoms with Crippen molar-refractivity contribution in [3.05, 3.63) is 420 Å². The molecule has 21 aromatic rings. The summed E-state index contributed by atoms with van der Waals surface area (Å²) in [4.78, 5) is 0. The number of hydrogen-bond acceptors (Lipinski definition) is 7. The number of aromatic nitrogens is 13. The van der Waals surface area contributed by atoms with E-state index in [0.717, 1.165) is 119 Å². The molecule has 0 bridgehead atoms. The summed E-state index contributed by atoms with van der Waals surface area (Å²) in [6.07, 6.45) is 7.40. The van der Waals surface area contributed by atoms with Gasteiger partial charge in [0.2, 0.25) is 0 Å². The van der Waals surface area contributed by atoms with E-state index in [1.165, 1.54) is 131 Å². The van der Waals surface area contributed by atoms with Crippen molar-refractivity contribution in [1.29, 1.82) is 0 Å². The van der Waals surface area contributed by atoms with Crippen LogP contribution in [0.15, 0.2) is 315 Å². The van der Waals surface area contributed by atoms with E-state index in [-0.39, 0.29) is 79.4 Å². The number of aryl methyl sites for hydroxylation is 7. The first-order valence-electron chi connectivity index (χ1n) is 46.7. The Morgan fingerprint density at radius 1 is 0.348 bits per heavy atom. The van der Waals surface area contributed by atoms with Crippen LogP contribution in [-0.4, -0.2) is 49.2 Å². The molecule has 0 unspecified atom stereocenters. The quantitative estimate of drug-likeness (QED) is 0.0865. The van der Waals surface area contributed by atoms with Crippen molar-refractivity contribution >= 4 is 53.3 Å². The van der Waals surface area contributed by atoms with Crippen LogP contribution in [0.1, 0.15) is 162 Å². The summed E-state index contributed by atoms with van der Waals surface area (Å²) >= 11 is 1.85. The van der Waals surface area contributed by atoms with Gasteiger partial charge in [-0.2, -0.15) is 105 Å². The Balaban J connectivity index is 0.000000138. The molecule has 17 heteroatoms. The van der Waals surface area contributed by atoms with Gasteiger partial charge in [0, 0.05) is 150 Å². The van der Waals surface area contributed by atoms with Gasteiger partial charge in [0.05, 0.1) is 28.1 Å². The monoisotopic (exact) mass is 2360 g/mol. The second-order valence-electron chi connectivity index (χ2n) is 37.0. The maximum absolute atomic E-state index is 4.38. The molecule has 138 heavy (non-hydrogen) atoms. The fourth-order valence-corrected chi connectivity index (χ4v) is 19.0. The number of rotatable bonds is 16.